The molecule has 1 fully saturated rings. The third-order valence-electron chi connectivity index (χ3n) is 5.58. The predicted octanol–water partition coefficient (Wildman–Crippen LogP) is 3.85. The summed E-state index contributed by atoms with van der Waals surface area (Å²) in [5.41, 5.74) is 3.72. The Balaban J connectivity index is 1.79. The molecular weight excluding hydrogens is 364 g/mol. The Morgan fingerprint density at radius 3 is 2.66 bits per heavy atom. The number of aliphatic imine (C=N–C) groups is 1. The van der Waals surface area contributed by atoms with Gasteiger partial charge in [0.15, 0.2) is 0 Å². The van der Waals surface area contributed by atoms with Crippen molar-refractivity contribution in [2.24, 2.45) is 16.8 Å². The van der Waals surface area contributed by atoms with Gasteiger partial charge in [-0.15, -0.1) is 0 Å². The van der Waals surface area contributed by atoms with Gasteiger partial charge in [0.1, 0.15) is 11.6 Å². The quantitative estimate of drug-likeness (QED) is 0.865. The van der Waals surface area contributed by atoms with Gasteiger partial charge in [0.25, 0.3) is 5.91 Å². The molecule has 0 unspecified atom stereocenters. The molecule has 1 amide bonds. The van der Waals surface area contributed by atoms with Crippen molar-refractivity contribution in [3.05, 3.63) is 65.3 Å². The van der Waals surface area contributed by atoms with Gasteiger partial charge in [-0.25, -0.2) is 4.98 Å². The summed E-state index contributed by atoms with van der Waals surface area (Å²) >= 11 is 0. The highest BCUT2D eigenvalue weighted by Gasteiger charge is 2.44. The summed E-state index contributed by atoms with van der Waals surface area (Å²) in [4.78, 5) is 39.7. The fourth-order valence-corrected chi connectivity index (χ4v) is 4.39. The van der Waals surface area contributed by atoms with Crippen LogP contribution >= 0.6 is 0 Å². The Bertz CT molecular complexity index is 1030. The van der Waals surface area contributed by atoms with E-state index >= 15 is 0 Å². The minimum Gasteiger partial charge on any atom is -0.307 e. The Kier molecular flexibility index (Phi) is 5.09. The highest BCUT2D eigenvalue weighted by molar-refractivity contribution is 6.14. The number of nitrogens with one attached hydrogen (secondary N) is 1. The zero-order valence-corrected chi connectivity index (χ0v) is 16.8. The van der Waals surface area contributed by atoms with Gasteiger partial charge in [-0.2, -0.15) is 0 Å². The van der Waals surface area contributed by atoms with Crippen molar-refractivity contribution in [2.75, 3.05) is 5.32 Å². The van der Waals surface area contributed by atoms with Crippen molar-refractivity contribution < 1.29 is 9.59 Å². The van der Waals surface area contributed by atoms with Gasteiger partial charge in [-0.05, 0) is 49.9 Å². The number of aromatic nitrogens is 2. The molecule has 6 nitrogen and oxygen atoms in total. The number of ketones is 1. The maximum Gasteiger partial charge on any atom is 0.255 e. The van der Waals surface area contributed by atoms with Crippen LogP contribution in [0.2, 0.25) is 0 Å². The van der Waals surface area contributed by atoms with Crippen molar-refractivity contribution in [1.29, 1.82) is 0 Å². The summed E-state index contributed by atoms with van der Waals surface area (Å²) < 4.78 is 0. The topological polar surface area (TPSA) is 84.3 Å². The fraction of sp³-hybridized carbons (Fsp3) is 0.348. The van der Waals surface area contributed by atoms with Crippen LogP contribution in [-0.2, 0) is 9.59 Å². The molecule has 0 aromatic carbocycles. The van der Waals surface area contributed by atoms with Crippen LogP contribution in [0, 0.1) is 18.8 Å². The fourth-order valence-electron chi connectivity index (χ4n) is 4.39. The Labute approximate surface area is 170 Å². The first-order chi connectivity index (χ1) is 13.9. The number of hydrogen-bond acceptors (Lipinski definition) is 5. The second-order valence-corrected chi connectivity index (χ2v) is 7.94. The Hall–Kier alpha value is -3.15. The maximum absolute atomic E-state index is 13.3. The molecule has 3 heterocycles. The molecule has 1 saturated carbocycles. The largest absolute Gasteiger partial charge is 0.307 e. The number of pyridine rings is 2. The molecule has 1 aliphatic carbocycles. The highest BCUT2D eigenvalue weighted by Crippen LogP contribution is 2.43. The van der Waals surface area contributed by atoms with Crippen LogP contribution in [0.1, 0.15) is 43.9 Å². The van der Waals surface area contributed by atoms with Gasteiger partial charge in [0, 0.05) is 47.4 Å². The summed E-state index contributed by atoms with van der Waals surface area (Å²) in [6.45, 7) is 5.78. The smallest absolute Gasteiger partial charge is 0.255 e. The average molecular weight is 388 g/mol. The summed E-state index contributed by atoms with van der Waals surface area (Å²) in [5.74, 6) is -0.178. The number of carbonyl (C=O) groups excluding carboxylic acids is 2. The number of rotatable bonds is 3. The highest BCUT2D eigenvalue weighted by atomic mass is 16.2. The number of amides is 1. The number of aryl methyl sites for hydroxylation is 1. The van der Waals surface area contributed by atoms with Crippen LogP contribution < -0.4 is 5.32 Å². The van der Waals surface area contributed by atoms with E-state index in [4.69, 9.17) is 4.99 Å². The number of anilines is 1. The second kappa shape index (κ2) is 7.70. The lowest BCUT2D eigenvalue weighted by Gasteiger charge is -2.37. The van der Waals surface area contributed by atoms with Gasteiger partial charge < -0.3 is 5.32 Å². The van der Waals surface area contributed by atoms with E-state index < -0.39 is 5.92 Å². The normalized spacial score (nSPS) is 24.0. The average Bonchev–Trinajstić information content (AvgIpc) is 2.67. The Morgan fingerprint density at radius 2 is 1.93 bits per heavy atom. The molecule has 29 heavy (non-hydrogen) atoms. The lowest BCUT2D eigenvalue weighted by atomic mass is 9.67. The van der Waals surface area contributed by atoms with Gasteiger partial charge in [-0.1, -0.05) is 19.1 Å². The number of fused-ring (bicyclic) bond motifs is 1. The first-order valence-electron chi connectivity index (χ1n) is 9.90. The summed E-state index contributed by atoms with van der Waals surface area (Å²) in [6.07, 6.45) is 4.72. The van der Waals surface area contributed by atoms with E-state index in [0.717, 1.165) is 23.4 Å². The monoisotopic (exact) mass is 388 g/mol. The minimum atomic E-state index is -0.412. The van der Waals surface area contributed by atoms with Crippen LogP contribution in [0.3, 0.4) is 0 Å². The molecular formula is C23H24N4O2. The molecule has 0 saturated heterocycles. The zero-order chi connectivity index (χ0) is 20.5. The third-order valence-corrected chi connectivity index (χ3v) is 5.58. The standard InChI is InChI=1S/C23H24N4O2/c1-13-10-17-22(18(28)11-13)21(16-7-5-9-24-12-16)20(15(3)26-17)23(29)27-19-8-4-6-14(2)25-19/h4-9,12-13,21-22H,10-11H2,1-3H3,(H,25,27,29)/t13-,21-,22+/m0/s1. The summed E-state index contributed by atoms with van der Waals surface area (Å²) in [5, 5.41) is 2.89. The molecule has 2 aromatic heterocycles. The molecule has 148 valence electrons. The van der Waals surface area contributed by atoms with E-state index in [9.17, 15) is 9.59 Å². The molecule has 0 radical (unpaired) electrons. The van der Waals surface area contributed by atoms with Crippen LogP contribution in [0.15, 0.2) is 59.0 Å². The van der Waals surface area contributed by atoms with Crippen molar-refractivity contribution in [2.45, 2.75) is 39.5 Å². The molecule has 6 heteroatoms. The van der Waals surface area contributed by atoms with Crippen molar-refractivity contribution in [1.82, 2.24) is 9.97 Å². The predicted molar refractivity (Wildman–Crippen MR) is 112 cm³/mol. The minimum absolute atomic E-state index is 0.142. The third kappa shape index (κ3) is 3.75. The lowest BCUT2D eigenvalue weighted by Crippen LogP contribution is -2.41. The molecule has 1 N–H and O–H groups in total. The molecule has 0 spiro atoms. The van der Waals surface area contributed by atoms with Crippen molar-refractivity contribution in [3.8, 4) is 0 Å². The lowest BCUT2D eigenvalue weighted by molar-refractivity contribution is -0.123. The molecule has 0 bridgehead atoms. The number of allylic oxidation sites excluding steroid dienone is 1. The van der Waals surface area contributed by atoms with Crippen LogP contribution in [0.5, 0.6) is 0 Å². The molecule has 2 aliphatic rings. The van der Waals surface area contributed by atoms with Gasteiger partial charge in [-0.3, -0.25) is 19.6 Å². The first-order valence-corrected chi connectivity index (χ1v) is 9.90. The van der Waals surface area contributed by atoms with Gasteiger partial charge in [0.2, 0.25) is 0 Å². The molecule has 4 rings (SSSR count). The van der Waals surface area contributed by atoms with Crippen LogP contribution in [0.25, 0.3) is 0 Å². The number of Topliss-reactive ketones (excluding diaryl/α,β-unsaturated/α-hetero) is 1. The van der Waals surface area contributed by atoms with E-state index in [1.807, 2.05) is 38.1 Å². The Morgan fingerprint density at radius 1 is 1.10 bits per heavy atom. The first kappa shape index (κ1) is 19.2. The van der Waals surface area contributed by atoms with Crippen molar-refractivity contribution in [3.63, 3.8) is 0 Å². The second-order valence-electron chi connectivity index (χ2n) is 7.94. The molecule has 2 aromatic rings. The van der Waals surface area contributed by atoms with Crippen LogP contribution in [0.4, 0.5) is 5.82 Å². The van der Waals surface area contributed by atoms with Gasteiger partial charge >= 0.3 is 0 Å². The number of hydrogen-bond donors (Lipinski definition) is 1. The zero-order valence-electron chi connectivity index (χ0n) is 16.8. The summed E-state index contributed by atoms with van der Waals surface area (Å²) in [6, 6.07) is 9.24. The van der Waals surface area contributed by atoms with Crippen molar-refractivity contribution >= 4 is 23.2 Å². The SMILES string of the molecule is CC1=C(C(=O)Nc2cccc(C)n2)[C@H](c2cccnc2)[C@H]2C(=O)C[C@@H](C)CC2=N1. The van der Waals surface area contributed by atoms with E-state index in [1.54, 1.807) is 18.5 Å². The van der Waals surface area contributed by atoms with Gasteiger partial charge in [0.05, 0.1) is 5.92 Å². The maximum atomic E-state index is 13.3. The van der Waals surface area contributed by atoms with E-state index in [-0.39, 0.29) is 23.5 Å². The van der Waals surface area contributed by atoms with E-state index in [0.29, 0.717) is 23.5 Å². The molecule has 1 aliphatic heterocycles. The molecule has 3 atom stereocenters. The number of carbonyl (C=O) groups is 2. The van der Waals surface area contributed by atoms with E-state index in [2.05, 4.69) is 22.2 Å². The van der Waals surface area contributed by atoms with Crippen LogP contribution in [-0.4, -0.2) is 27.4 Å². The summed E-state index contributed by atoms with van der Waals surface area (Å²) in [7, 11) is 0. The number of nitrogens with zero attached hydrogens (tertiary/aromatic N) is 3. The van der Waals surface area contributed by atoms with E-state index in [1.165, 1.54) is 0 Å².